The van der Waals surface area contributed by atoms with E-state index in [1.54, 1.807) is 0 Å². The zero-order valence-corrected chi connectivity index (χ0v) is 13.4. The van der Waals surface area contributed by atoms with Crippen LogP contribution in [0.15, 0.2) is 91.0 Å². The molecule has 1 nitrogen and oxygen atoms in total. The lowest BCUT2D eigenvalue weighted by Gasteiger charge is -2.27. The predicted octanol–water partition coefficient (Wildman–Crippen LogP) is 5.71. The summed E-state index contributed by atoms with van der Waals surface area (Å²) in [5.74, 6) is 0. The van der Waals surface area contributed by atoms with Gasteiger partial charge < -0.3 is 4.90 Å². The van der Waals surface area contributed by atoms with Crippen molar-refractivity contribution < 1.29 is 0 Å². The minimum atomic E-state index is 0.914. The van der Waals surface area contributed by atoms with Gasteiger partial charge in [-0.15, -0.1) is 0 Å². The van der Waals surface area contributed by atoms with Crippen LogP contribution in [0.5, 0.6) is 0 Å². The summed E-state index contributed by atoms with van der Waals surface area (Å²) >= 11 is 0. The van der Waals surface area contributed by atoms with Gasteiger partial charge in [0.05, 0.1) is 0 Å². The molecule has 0 radical (unpaired) electrons. The summed E-state index contributed by atoms with van der Waals surface area (Å²) in [6.45, 7) is 3.10. The number of nitrogens with zero attached hydrogens (tertiary/aromatic N) is 1. The van der Waals surface area contributed by atoms with Crippen molar-refractivity contribution >= 4 is 17.5 Å². The highest BCUT2D eigenvalue weighted by molar-refractivity contribution is 5.90. The minimum absolute atomic E-state index is 0.914. The molecular weight excluding hydrogens is 278 g/mol. The van der Waals surface area contributed by atoms with E-state index in [4.69, 9.17) is 0 Å². The first-order valence-corrected chi connectivity index (χ1v) is 8.03. The summed E-state index contributed by atoms with van der Waals surface area (Å²) in [7, 11) is 0. The highest BCUT2D eigenvalue weighted by Gasteiger charge is 2.12. The molecule has 0 saturated heterocycles. The first kappa shape index (κ1) is 15.1. The lowest BCUT2D eigenvalue weighted by atomic mass is 10.1. The van der Waals surface area contributed by atoms with Gasteiger partial charge in [0.2, 0.25) is 0 Å². The van der Waals surface area contributed by atoms with Gasteiger partial charge in [0.25, 0.3) is 0 Å². The Kier molecular flexibility index (Phi) is 4.90. The molecule has 1 heteroatoms. The van der Waals surface area contributed by atoms with Gasteiger partial charge in [0.1, 0.15) is 0 Å². The smallest absolute Gasteiger partial charge is 0.0490 e. The minimum Gasteiger partial charge on any atom is -0.341 e. The van der Waals surface area contributed by atoms with E-state index in [1.807, 2.05) is 6.07 Å². The van der Waals surface area contributed by atoms with Crippen LogP contribution in [0.25, 0.3) is 11.8 Å². The molecule has 0 unspecified atom stereocenters. The van der Waals surface area contributed by atoms with Gasteiger partial charge in [-0.2, -0.15) is 0 Å². The first-order valence-electron chi connectivity index (χ1n) is 8.03. The van der Waals surface area contributed by atoms with E-state index in [0.717, 1.165) is 6.54 Å². The van der Waals surface area contributed by atoms with Gasteiger partial charge >= 0.3 is 0 Å². The molecule has 0 aliphatic rings. The highest BCUT2D eigenvalue weighted by atomic mass is 15.1. The van der Waals surface area contributed by atoms with E-state index in [0.29, 0.717) is 0 Å². The Morgan fingerprint density at radius 1 is 0.739 bits per heavy atom. The third kappa shape index (κ3) is 3.70. The Hall–Kier alpha value is -2.80. The van der Waals surface area contributed by atoms with Crippen LogP contribution >= 0.6 is 0 Å². The van der Waals surface area contributed by atoms with Crippen molar-refractivity contribution in [3.63, 3.8) is 0 Å². The number of benzene rings is 3. The Morgan fingerprint density at radius 2 is 1.26 bits per heavy atom. The molecular formula is C22H21N. The molecule has 3 aromatic rings. The van der Waals surface area contributed by atoms with Crippen LogP contribution in [0.2, 0.25) is 0 Å². The van der Waals surface area contributed by atoms with Crippen molar-refractivity contribution in [1.82, 2.24) is 0 Å². The highest BCUT2D eigenvalue weighted by Crippen LogP contribution is 2.27. The number of anilines is 1. The number of rotatable bonds is 5. The fourth-order valence-electron chi connectivity index (χ4n) is 2.73. The fourth-order valence-corrected chi connectivity index (χ4v) is 2.73. The molecule has 0 atom stereocenters. The SMILES string of the molecule is CCN(/C(=C/c1ccccc1)c1ccccc1)c1ccccc1. The molecule has 0 spiro atoms. The summed E-state index contributed by atoms with van der Waals surface area (Å²) in [5, 5.41) is 0. The van der Waals surface area contributed by atoms with Crippen molar-refractivity contribution in [3.8, 4) is 0 Å². The second-order valence-corrected chi connectivity index (χ2v) is 5.39. The average Bonchev–Trinajstić information content (AvgIpc) is 2.64. The van der Waals surface area contributed by atoms with Crippen molar-refractivity contribution in [2.45, 2.75) is 6.92 Å². The second kappa shape index (κ2) is 7.46. The van der Waals surface area contributed by atoms with Gasteiger partial charge in [-0.05, 0) is 36.3 Å². The van der Waals surface area contributed by atoms with Crippen LogP contribution in [0.1, 0.15) is 18.1 Å². The lowest BCUT2D eigenvalue weighted by molar-refractivity contribution is 1.03. The first-order chi connectivity index (χ1) is 11.4. The summed E-state index contributed by atoms with van der Waals surface area (Å²) in [6.07, 6.45) is 2.26. The Labute approximate surface area is 138 Å². The van der Waals surface area contributed by atoms with E-state index in [2.05, 4.69) is 103 Å². The maximum Gasteiger partial charge on any atom is 0.0490 e. The van der Waals surface area contributed by atoms with Gasteiger partial charge in [-0.3, -0.25) is 0 Å². The predicted molar refractivity (Wildman–Crippen MR) is 100 cm³/mol. The molecule has 0 bridgehead atoms. The Bertz CT molecular complexity index is 746. The van der Waals surface area contributed by atoms with Crippen molar-refractivity contribution in [3.05, 3.63) is 102 Å². The largest absolute Gasteiger partial charge is 0.341 e. The average molecular weight is 299 g/mol. The van der Waals surface area contributed by atoms with Crippen LogP contribution in [-0.2, 0) is 0 Å². The molecule has 23 heavy (non-hydrogen) atoms. The molecule has 3 aromatic carbocycles. The molecule has 0 aromatic heterocycles. The van der Waals surface area contributed by atoms with Crippen molar-refractivity contribution in [2.75, 3.05) is 11.4 Å². The summed E-state index contributed by atoms with van der Waals surface area (Å²) in [5.41, 5.74) is 4.86. The summed E-state index contributed by atoms with van der Waals surface area (Å²) in [6, 6.07) is 31.6. The second-order valence-electron chi connectivity index (χ2n) is 5.39. The van der Waals surface area contributed by atoms with E-state index in [9.17, 15) is 0 Å². The van der Waals surface area contributed by atoms with Crippen LogP contribution in [0.4, 0.5) is 5.69 Å². The molecule has 0 N–H and O–H groups in total. The van der Waals surface area contributed by atoms with E-state index >= 15 is 0 Å². The van der Waals surface area contributed by atoms with Crippen LogP contribution in [-0.4, -0.2) is 6.54 Å². The topological polar surface area (TPSA) is 3.24 Å². The molecule has 0 aliphatic carbocycles. The Morgan fingerprint density at radius 3 is 1.83 bits per heavy atom. The maximum absolute atomic E-state index is 2.35. The van der Waals surface area contributed by atoms with Crippen LogP contribution in [0, 0.1) is 0 Å². The van der Waals surface area contributed by atoms with Gasteiger partial charge in [-0.1, -0.05) is 78.9 Å². The third-order valence-electron chi connectivity index (χ3n) is 3.85. The van der Waals surface area contributed by atoms with E-state index in [1.165, 1.54) is 22.5 Å². The normalized spacial score (nSPS) is 11.3. The molecule has 0 heterocycles. The van der Waals surface area contributed by atoms with Gasteiger partial charge in [0, 0.05) is 17.9 Å². The zero-order chi connectivity index (χ0) is 15.9. The quantitative estimate of drug-likeness (QED) is 0.545. The zero-order valence-electron chi connectivity index (χ0n) is 13.4. The van der Waals surface area contributed by atoms with Crippen LogP contribution < -0.4 is 4.90 Å². The number of hydrogen-bond acceptors (Lipinski definition) is 1. The molecule has 0 saturated carbocycles. The van der Waals surface area contributed by atoms with Gasteiger partial charge in [-0.25, -0.2) is 0 Å². The third-order valence-corrected chi connectivity index (χ3v) is 3.85. The van der Waals surface area contributed by atoms with Crippen molar-refractivity contribution in [1.29, 1.82) is 0 Å². The number of hydrogen-bond donors (Lipinski definition) is 0. The maximum atomic E-state index is 2.35. The summed E-state index contributed by atoms with van der Waals surface area (Å²) in [4.78, 5) is 2.35. The Balaban J connectivity index is 2.10. The van der Waals surface area contributed by atoms with Crippen LogP contribution in [0.3, 0.4) is 0 Å². The molecule has 114 valence electrons. The molecule has 3 rings (SSSR count). The lowest BCUT2D eigenvalue weighted by Crippen LogP contribution is -2.20. The van der Waals surface area contributed by atoms with E-state index in [-0.39, 0.29) is 0 Å². The molecule has 0 amide bonds. The van der Waals surface area contributed by atoms with E-state index < -0.39 is 0 Å². The molecule has 0 fully saturated rings. The van der Waals surface area contributed by atoms with Crippen molar-refractivity contribution in [2.24, 2.45) is 0 Å². The fraction of sp³-hybridized carbons (Fsp3) is 0.0909. The number of para-hydroxylation sites is 1. The summed E-state index contributed by atoms with van der Waals surface area (Å²) < 4.78 is 0. The van der Waals surface area contributed by atoms with Gasteiger partial charge in [0.15, 0.2) is 0 Å². The monoisotopic (exact) mass is 299 g/mol. The standard InChI is InChI=1S/C22H21N/c1-2-23(21-16-10-5-11-17-21)22(20-14-8-4-9-15-20)18-19-12-6-3-7-13-19/h3-18H,2H2,1H3/b22-18+. The molecule has 0 aliphatic heterocycles.